The van der Waals surface area contributed by atoms with Crippen molar-refractivity contribution in [2.24, 2.45) is 0 Å². The van der Waals surface area contributed by atoms with Crippen molar-refractivity contribution in [3.05, 3.63) is 58.9 Å². The van der Waals surface area contributed by atoms with Crippen LogP contribution in [0, 0.1) is 19.7 Å². The molecule has 112 valence electrons. The first kappa shape index (κ1) is 15.5. The van der Waals surface area contributed by atoms with Crippen LogP contribution in [0.25, 0.3) is 0 Å². The molecule has 0 radical (unpaired) electrons. The zero-order valence-corrected chi connectivity index (χ0v) is 12.7. The van der Waals surface area contributed by atoms with Crippen molar-refractivity contribution in [2.45, 2.75) is 25.3 Å². The number of nitrogen functional groups attached to an aromatic ring is 1. The van der Waals surface area contributed by atoms with Crippen molar-refractivity contribution in [2.75, 3.05) is 5.73 Å². The van der Waals surface area contributed by atoms with Crippen molar-refractivity contribution in [1.82, 2.24) is 4.72 Å². The smallest absolute Gasteiger partial charge is 0.241 e. The summed E-state index contributed by atoms with van der Waals surface area (Å²) in [5.74, 6) is -0.448. The number of aryl methyl sites for hydroxylation is 2. The monoisotopic (exact) mass is 308 g/mol. The SMILES string of the molecule is Cc1cc(F)cc(C)c1S(=O)(=O)NCc1ccccc1N. The van der Waals surface area contributed by atoms with E-state index in [-0.39, 0.29) is 11.4 Å². The third-order valence-corrected chi connectivity index (χ3v) is 4.91. The predicted molar refractivity (Wildman–Crippen MR) is 80.8 cm³/mol. The van der Waals surface area contributed by atoms with Crippen LogP contribution in [0.2, 0.25) is 0 Å². The van der Waals surface area contributed by atoms with E-state index in [1.54, 1.807) is 38.1 Å². The van der Waals surface area contributed by atoms with E-state index < -0.39 is 15.8 Å². The molecular weight excluding hydrogens is 291 g/mol. The van der Waals surface area contributed by atoms with Crippen LogP contribution in [-0.4, -0.2) is 8.42 Å². The number of nitrogens with two attached hydrogens (primary N) is 1. The lowest BCUT2D eigenvalue weighted by Crippen LogP contribution is -2.25. The lowest BCUT2D eigenvalue weighted by molar-refractivity contribution is 0.578. The Kier molecular flexibility index (Phi) is 4.29. The van der Waals surface area contributed by atoms with Gasteiger partial charge in [-0.1, -0.05) is 18.2 Å². The summed E-state index contributed by atoms with van der Waals surface area (Å²) in [6.07, 6.45) is 0. The number of nitrogens with one attached hydrogen (secondary N) is 1. The summed E-state index contributed by atoms with van der Waals surface area (Å²) in [6.45, 7) is 3.23. The first-order valence-corrected chi connectivity index (χ1v) is 7.89. The first-order valence-electron chi connectivity index (χ1n) is 6.41. The van der Waals surface area contributed by atoms with E-state index >= 15 is 0 Å². The second-order valence-electron chi connectivity index (χ2n) is 4.89. The van der Waals surface area contributed by atoms with Gasteiger partial charge in [0.05, 0.1) is 4.90 Å². The Morgan fingerprint density at radius 1 is 1.14 bits per heavy atom. The van der Waals surface area contributed by atoms with Gasteiger partial charge in [0, 0.05) is 12.2 Å². The summed E-state index contributed by atoms with van der Waals surface area (Å²) in [5.41, 5.74) is 7.75. The van der Waals surface area contributed by atoms with Gasteiger partial charge in [0.1, 0.15) is 5.82 Å². The fraction of sp³-hybridized carbons (Fsp3) is 0.200. The first-order chi connectivity index (χ1) is 9.81. The Bertz CT molecular complexity index is 750. The third-order valence-electron chi connectivity index (χ3n) is 3.20. The van der Waals surface area contributed by atoms with Gasteiger partial charge < -0.3 is 5.73 Å². The Hall–Kier alpha value is -1.92. The molecule has 0 aliphatic rings. The molecule has 21 heavy (non-hydrogen) atoms. The van der Waals surface area contributed by atoms with Crippen LogP contribution in [-0.2, 0) is 16.6 Å². The predicted octanol–water partition coefficient (Wildman–Crippen LogP) is 2.50. The topological polar surface area (TPSA) is 72.2 Å². The molecule has 0 saturated heterocycles. The second kappa shape index (κ2) is 5.83. The number of hydrogen-bond acceptors (Lipinski definition) is 3. The van der Waals surface area contributed by atoms with Crippen molar-refractivity contribution < 1.29 is 12.8 Å². The fourth-order valence-electron chi connectivity index (χ4n) is 2.26. The summed E-state index contributed by atoms with van der Waals surface area (Å²) in [4.78, 5) is 0.110. The van der Waals surface area contributed by atoms with Gasteiger partial charge in [-0.25, -0.2) is 17.5 Å². The summed E-state index contributed by atoms with van der Waals surface area (Å²) in [7, 11) is -3.73. The zero-order chi connectivity index (χ0) is 15.6. The molecule has 0 aliphatic heterocycles. The molecule has 0 atom stereocenters. The number of anilines is 1. The van der Waals surface area contributed by atoms with E-state index in [0.717, 1.165) is 0 Å². The molecule has 0 aromatic heterocycles. The lowest BCUT2D eigenvalue weighted by atomic mass is 10.1. The molecule has 2 aromatic carbocycles. The van der Waals surface area contributed by atoms with Gasteiger partial charge in [0.25, 0.3) is 0 Å². The van der Waals surface area contributed by atoms with Gasteiger partial charge in [-0.3, -0.25) is 0 Å². The molecule has 2 rings (SSSR count). The molecule has 0 saturated carbocycles. The molecule has 0 heterocycles. The maximum absolute atomic E-state index is 13.3. The summed E-state index contributed by atoms with van der Waals surface area (Å²) in [5, 5.41) is 0. The molecule has 6 heteroatoms. The van der Waals surface area contributed by atoms with Crippen molar-refractivity contribution in [3.63, 3.8) is 0 Å². The summed E-state index contributed by atoms with van der Waals surface area (Å²) in [6, 6.07) is 9.44. The highest BCUT2D eigenvalue weighted by Gasteiger charge is 2.20. The van der Waals surface area contributed by atoms with Gasteiger partial charge in [0.15, 0.2) is 0 Å². The lowest BCUT2D eigenvalue weighted by Gasteiger charge is -2.13. The minimum Gasteiger partial charge on any atom is -0.398 e. The van der Waals surface area contributed by atoms with Crippen molar-refractivity contribution in [1.29, 1.82) is 0 Å². The van der Waals surface area contributed by atoms with Gasteiger partial charge in [-0.15, -0.1) is 0 Å². The molecule has 0 fully saturated rings. The normalized spacial score (nSPS) is 11.6. The molecule has 0 spiro atoms. The highest BCUT2D eigenvalue weighted by Crippen LogP contribution is 2.22. The maximum Gasteiger partial charge on any atom is 0.241 e. The number of hydrogen-bond donors (Lipinski definition) is 2. The fourth-order valence-corrected chi connectivity index (χ4v) is 3.72. The van der Waals surface area contributed by atoms with Gasteiger partial charge in [0.2, 0.25) is 10.0 Å². The Morgan fingerprint density at radius 2 is 1.71 bits per heavy atom. The average molecular weight is 308 g/mol. The number of para-hydroxylation sites is 1. The van der Waals surface area contributed by atoms with E-state index in [4.69, 9.17) is 5.73 Å². The number of halogens is 1. The van der Waals surface area contributed by atoms with Crippen LogP contribution in [0.5, 0.6) is 0 Å². The van der Waals surface area contributed by atoms with Gasteiger partial charge >= 0.3 is 0 Å². The highest BCUT2D eigenvalue weighted by atomic mass is 32.2. The van der Waals surface area contributed by atoms with Crippen LogP contribution < -0.4 is 10.5 Å². The van der Waals surface area contributed by atoms with Crippen molar-refractivity contribution >= 4 is 15.7 Å². The number of sulfonamides is 1. The van der Waals surface area contributed by atoms with Crippen LogP contribution in [0.4, 0.5) is 10.1 Å². The molecule has 3 N–H and O–H groups in total. The standard InChI is InChI=1S/C15H17FN2O2S/c1-10-7-13(16)8-11(2)15(10)21(19,20)18-9-12-5-3-4-6-14(12)17/h3-8,18H,9,17H2,1-2H3. The van der Waals surface area contributed by atoms with Crippen LogP contribution in [0.15, 0.2) is 41.3 Å². The quantitative estimate of drug-likeness (QED) is 0.852. The molecule has 2 aromatic rings. The minimum atomic E-state index is -3.73. The largest absolute Gasteiger partial charge is 0.398 e. The summed E-state index contributed by atoms with van der Waals surface area (Å²) >= 11 is 0. The third kappa shape index (κ3) is 3.40. The molecular formula is C15H17FN2O2S. The molecule has 0 aliphatic carbocycles. The molecule has 0 bridgehead atoms. The highest BCUT2D eigenvalue weighted by molar-refractivity contribution is 7.89. The second-order valence-corrected chi connectivity index (χ2v) is 6.60. The average Bonchev–Trinajstić information content (AvgIpc) is 2.36. The molecule has 4 nitrogen and oxygen atoms in total. The van der Waals surface area contributed by atoms with Crippen LogP contribution >= 0.6 is 0 Å². The number of rotatable bonds is 4. The molecule has 0 unspecified atom stereocenters. The summed E-state index contributed by atoms with van der Waals surface area (Å²) < 4.78 is 40.6. The number of benzene rings is 2. The van der Waals surface area contributed by atoms with E-state index in [1.165, 1.54) is 12.1 Å². The van der Waals surface area contributed by atoms with Gasteiger partial charge in [-0.05, 0) is 48.7 Å². The van der Waals surface area contributed by atoms with Gasteiger partial charge in [-0.2, -0.15) is 0 Å². The minimum absolute atomic E-state index is 0.0886. The zero-order valence-electron chi connectivity index (χ0n) is 11.9. The van der Waals surface area contributed by atoms with Crippen molar-refractivity contribution in [3.8, 4) is 0 Å². The Labute approximate surface area is 123 Å². The van der Waals surface area contributed by atoms with Crippen LogP contribution in [0.3, 0.4) is 0 Å². The Balaban J connectivity index is 2.30. The molecule has 0 amide bonds. The van der Waals surface area contributed by atoms with Crippen LogP contribution in [0.1, 0.15) is 16.7 Å². The Morgan fingerprint density at radius 3 is 2.29 bits per heavy atom. The van der Waals surface area contributed by atoms with E-state index in [0.29, 0.717) is 22.4 Å². The van der Waals surface area contributed by atoms with E-state index in [2.05, 4.69) is 4.72 Å². The van der Waals surface area contributed by atoms with E-state index in [9.17, 15) is 12.8 Å². The van der Waals surface area contributed by atoms with E-state index in [1.807, 2.05) is 0 Å². The maximum atomic E-state index is 13.3.